The van der Waals surface area contributed by atoms with Gasteiger partial charge in [0.15, 0.2) is 0 Å². The molecular formula is C3H3N3O2. The maximum atomic E-state index is 9.80. The smallest absolute Gasteiger partial charge is 0.262 e. The van der Waals surface area contributed by atoms with Crippen molar-refractivity contribution in [1.82, 2.24) is 0 Å². The number of nitrogens with zero attached hydrogens (tertiary/aromatic N) is 3. The molecule has 8 heavy (non-hydrogen) atoms. The van der Waals surface area contributed by atoms with Gasteiger partial charge < -0.3 is 0 Å². The van der Waals surface area contributed by atoms with Crippen LogP contribution in [0.15, 0.2) is 9.98 Å². The van der Waals surface area contributed by atoms with Crippen molar-refractivity contribution in [3.63, 3.8) is 0 Å². The van der Waals surface area contributed by atoms with Gasteiger partial charge in [-0.15, -0.1) is 0 Å². The number of nitro groups is 1. The van der Waals surface area contributed by atoms with Crippen molar-refractivity contribution in [3.05, 3.63) is 10.1 Å². The molecule has 1 rings (SSSR count). The summed E-state index contributed by atoms with van der Waals surface area (Å²) in [6, 6.07) is 0. The van der Waals surface area contributed by atoms with Crippen LogP contribution in [0.2, 0.25) is 0 Å². The van der Waals surface area contributed by atoms with E-state index in [1.54, 1.807) is 0 Å². The molecule has 1 aliphatic rings. The van der Waals surface area contributed by atoms with E-state index in [1.165, 1.54) is 12.6 Å². The number of rotatable bonds is 1. The third kappa shape index (κ3) is 0.699. The zero-order valence-corrected chi connectivity index (χ0v) is 3.89. The quantitative estimate of drug-likeness (QED) is 0.346. The van der Waals surface area contributed by atoms with Crippen LogP contribution in [0.4, 0.5) is 0 Å². The third-order valence-corrected chi connectivity index (χ3v) is 0.721. The number of aliphatic imine (C=N–C) groups is 2. The van der Waals surface area contributed by atoms with Gasteiger partial charge in [0, 0.05) is 0 Å². The Hall–Kier alpha value is -1.26. The number of hydrogen-bond donors (Lipinski definition) is 0. The fraction of sp³-hybridized carbons (Fsp3) is 0.333. The van der Waals surface area contributed by atoms with Crippen molar-refractivity contribution >= 4 is 12.6 Å². The van der Waals surface area contributed by atoms with Crippen LogP contribution >= 0.6 is 0 Å². The molecule has 0 spiro atoms. The summed E-state index contributed by atoms with van der Waals surface area (Å²) >= 11 is 0. The summed E-state index contributed by atoms with van der Waals surface area (Å²) in [6.07, 6.45) is 1.42. The molecule has 1 unspecified atom stereocenters. The van der Waals surface area contributed by atoms with Crippen LogP contribution < -0.4 is 0 Å². The second kappa shape index (κ2) is 1.69. The Morgan fingerprint density at radius 1 is 1.75 bits per heavy atom. The standard InChI is InChI=1S/C3H3N3O2/c7-6(8)3-1-4-2-5-3/h1-3H. The highest BCUT2D eigenvalue weighted by molar-refractivity contribution is 5.80. The maximum absolute atomic E-state index is 9.80. The molecule has 0 amide bonds. The predicted octanol–water partition coefficient (Wildman–Crippen LogP) is -0.298. The molecular weight excluding hydrogens is 110 g/mol. The molecule has 0 fully saturated rings. The zero-order valence-electron chi connectivity index (χ0n) is 3.89. The Bertz CT molecular complexity index is 150. The molecule has 1 heterocycles. The fourth-order valence-electron chi connectivity index (χ4n) is 0.370. The van der Waals surface area contributed by atoms with Crippen molar-refractivity contribution < 1.29 is 4.92 Å². The summed E-state index contributed by atoms with van der Waals surface area (Å²) in [5, 5.41) is 9.80. The topological polar surface area (TPSA) is 67.9 Å². The zero-order chi connectivity index (χ0) is 5.98. The maximum Gasteiger partial charge on any atom is 0.341 e. The highest BCUT2D eigenvalue weighted by Crippen LogP contribution is 1.91. The van der Waals surface area contributed by atoms with Crippen molar-refractivity contribution in [2.45, 2.75) is 6.17 Å². The Morgan fingerprint density at radius 2 is 2.50 bits per heavy atom. The van der Waals surface area contributed by atoms with Gasteiger partial charge in [0.1, 0.15) is 12.6 Å². The Morgan fingerprint density at radius 3 is 2.75 bits per heavy atom. The van der Waals surface area contributed by atoms with Crippen molar-refractivity contribution in [2.75, 3.05) is 0 Å². The van der Waals surface area contributed by atoms with Crippen LogP contribution in [-0.4, -0.2) is 23.6 Å². The van der Waals surface area contributed by atoms with Crippen molar-refractivity contribution in [2.24, 2.45) is 9.98 Å². The molecule has 0 saturated heterocycles. The van der Waals surface area contributed by atoms with Gasteiger partial charge in [-0.05, 0) is 0 Å². The minimum absolute atomic E-state index is 0.507. The molecule has 0 radical (unpaired) electrons. The van der Waals surface area contributed by atoms with Gasteiger partial charge in [0.25, 0.3) is 0 Å². The lowest BCUT2D eigenvalue weighted by Crippen LogP contribution is -2.14. The average Bonchev–Trinajstić information content (AvgIpc) is 2.12. The van der Waals surface area contributed by atoms with E-state index in [9.17, 15) is 10.1 Å². The van der Waals surface area contributed by atoms with E-state index < -0.39 is 11.1 Å². The Kier molecular flexibility index (Phi) is 1.03. The lowest BCUT2D eigenvalue weighted by molar-refractivity contribution is -0.498. The van der Waals surface area contributed by atoms with Crippen LogP contribution in [-0.2, 0) is 0 Å². The fourth-order valence-corrected chi connectivity index (χ4v) is 0.370. The normalized spacial score (nSPS) is 24.2. The van der Waals surface area contributed by atoms with Gasteiger partial charge in [0.05, 0.1) is 4.92 Å². The molecule has 1 atom stereocenters. The van der Waals surface area contributed by atoms with Gasteiger partial charge in [-0.1, -0.05) is 0 Å². The van der Waals surface area contributed by atoms with E-state index in [4.69, 9.17) is 0 Å². The van der Waals surface area contributed by atoms with Gasteiger partial charge in [-0.2, -0.15) is 4.99 Å². The molecule has 1 aliphatic heterocycles. The molecule has 5 nitrogen and oxygen atoms in total. The largest absolute Gasteiger partial charge is 0.341 e. The molecule has 0 aromatic heterocycles. The molecule has 5 heteroatoms. The van der Waals surface area contributed by atoms with Crippen molar-refractivity contribution in [1.29, 1.82) is 0 Å². The molecule has 0 aromatic carbocycles. The molecule has 0 bridgehead atoms. The van der Waals surface area contributed by atoms with E-state index in [1.807, 2.05) is 0 Å². The summed E-state index contributed by atoms with van der Waals surface area (Å²) in [5.41, 5.74) is 0. The molecule has 42 valence electrons. The SMILES string of the molecule is O=[N+]([O-])C1C=NC=N1. The summed E-state index contributed by atoms with van der Waals surface area (Å²) in [6.45, 7) is 0. The first-order valence-electron chi connectivity index (χ1n) is 1.99. The minimum Gasteiger partial charge on any atom is -0.262 e. The van der Waals surface area contributed by atoms with E-state index >= 15 is 0 Å². The Balaban J connectivity index is 2.62. The Labute approximate surface area is 44.9 Å². The van der Waals surface area contributed by atoms with Crippen LogP contribution in [0.1, 0.15) is 0 Å². The lowest BCUT2D eigenvalue weighted by atomic mass is 10.6. The minimum atomic E-state index is -0.935. The summed E-state index contributed by atoms with van der Waals surface area (Å²) < 4.78 is 0. The lowest BCUT2D eigenvalue weighted by Gasteiger charge is -1.88. The molecule has 0 saturated carbocycles. The van der Waals surface area contributed by atoms with E-state index in [0.29, 0.717) is 0 Å². The third-order valence-electron chi connectivity index (χ3n) is 0.721. The predicted molar refractivity (Wildman–Crippen MR) is 27.8 cm³/mol. The monoisotopic (exact) mass is 113 g/mol. The van der Waals surface area contributed by atoms with E-state index in [0.717, 1.165) is 0 Å². The molecule has 0 N–H and O–H groups in total. The summed E-state index contributed by atoms with van der Waals surface area (Å²) in [4.78, 5) is 16.1. The summed E-state index contributed by atoms with van der Waals surface area (Å²) in [5.74, 6) is 0. The second-order valence-electron chi connectivity index (χ2n) is 1.26. The molecule has 0 aromatic rings. The van der Waals surface area contributed by atoms with Crippen LogP contribution in [0.3, 0.4) is 0 Å². The summed E-state index contributed by atoms with van der Waals surface area (Å²) in [7, 11) is 0. The first-order valence-corrected chi connectivity index (χ1v) is 1.99. The van der Waals surface area contributed by atoms with Gasteiger partial charge >= 0.3 is 6.17 Å². The van der Waals surface area contributed by atoms with Crippen molar-refractivity contribution in [3.8, 4) is 0 Å². The van der Waals surface area contributed by atoms with Gasteiger partial charge in [0.2, 0.25) is 0 Å². The van der Waals surface area contributed by atoms with E-state index in [-0.39, 0.29) is 0 Å². The van der Waals surface area contributed by atoms with Gasteiger partial charge in [-0.3, -0.25) is 10.1 Å². The van der Waals surface area contributed by atoms with Crippen LogP contribution in [0.25, 0.3) is 0 Å². The highest BCUT2D eigenvalue weighted by atomic mass is 16.6. The van der Waals surface area contributed by atoms with Crippen LogP contribution in [0, 0.1) is 10.1 Å². The highest BCUT2D eigenvalue weighted by Gasteiger charge is 2.15. The average molecular weight is 113 g/mol. The first kappa shape index (κ1) is 4.89. The van der Waals surface area contributed by atoms with Gasteiger partial charge in [-0.25, -0.2) is 4.99 Å². The molecule has 0 aliphatic carbocycles. The first-order chi connectivity index (χ1) is 3.80. The second-order valence-corrected chi connectivity index (χ2v) is 1.26. The van der Waals surface area contributed by atoms with Crippen LogP contribution in [0.5, 0.6) is 0 Å². The number of hydrogen-bond acceptors (Lipinski definition) is 4. The van der Waals surface area contributed by atoms with E-state index in [2.05, 4.69) is 9.98 Å².